The van der Waals surface area contributed by atoms with E-state index in [4.69, 9.17) is 5.11 Å². The Hall–Kier alpha value is -0.450. The van der Waals surface area contributed by atoms with Gasteiger partial charge in [0.25, 0.3) is 0 Å². The van der Waals surface area contributed by atoms with E-state index in [0.29, 0.717) is 0 Å². The molecule has 0 amide bonds. The molecule has 0 radical (unpaired) electrons. The molecular weight excluding hydrogens is 208 g/mol. The van der Waals surface area contributed by atoms with E-state index in [0.717, 1.165) is 12.1 Å². The highest BCUT2D eigenvalue weighted by atomic mass is 32.1. The first kappa shape index (κ1) is 12.6. The predicted molar refractivity (Wildman–Crippen MR) is 64.3 cm³/mol. The van der Waals surface area contributed by atoms with Gasteiger partial charge in [0.2, 0.25) is 0 Å². The Bertz CT molecular complexity index is 312. The summed E-state index contributed by atoms with van der Waals surface area (Å²) in [7, 11) is 0. The zero-order valence-corrected chi connectivity index (χ0v) is 10.7. The molecule has 4 heteroatoms. The first-order valence-corrected chi connectivity index (χ1v) is 6.23. The van der Waals surface area contributed by atoms with Crippen LogP contribution in [0.15, 0.2) is 0 Å². The molecule has 2 unspecified atom stereocenters. The third-order valence-electron chi connectivity index (χ3n) is 2.38. The number of aromatic nitrogens is 1. The monoisotopic (exact) mass is 228 g/mol. The number of thiazole rings is 1. The van der Waals surface area contributed by atoms with Crippen molar-refractivity contribution < 1.29 is 5.11 Å². The minimum Gasteiger partial charge on any atom is -0.395 e. The molecule has 0 saturated carbocycles. The van der Waals surface area contributed by atoms with Crippen LogP contribution in [0.5, 0.6) is 0 Å². The number of rotatable bonds is 5. The van der Waals surface area contributed by atoms with Crippen LogP contribution in [0.4, 0.5) is 0 Å². The Morgan fingerprint density at radius 3 is 2.60 bits per heavy atom. The number of nitrogens with one attached hydrogen (secondary N) is 1. The molecule has 1 aromatic rings. The third kappa shape index (κ3) is 3.26. The zero-order chi connectivity index (χ0) is 11.4. The molecule has 0 saturated heterocycles. The van der Waals surface area contributed by atoms with Gasteiger partial charge in [0.05, 0.1) is 17.3 Å². The molecule has 0 spiro atoms. The molecule has 0 aliphatic heterocycles. The smallest absolute Gasteiger partial charge is 0.0928 e. The van der Waals surface area contributed by atoms with Crippen LogP contribution in [-0.2, 0) is 6.42 Å². The van der Waals surface area contributed by atoms with Gasteiger partial charge >= 0.3 is 0 Å². The molecule has 2 N–H and O–H groups in total. The third-order valence-corrected chi connectivity index (χ3v) is 3.87. The van der Waals surface area contributed by atoms with E-state index in [1.54, 1.807) is 11.3 Å². The van der Waals surface area contributed by atoms with Gasteiger partial charge in [0, 0.05) is 17.0 Å². The van der Waals surface area contributed by atoms with Gasteiger partial charge in [-0.1, -0.05) is 6.92 Å². The molecule has 0 bridgehead atoms. The summed E-state index contributed by atoms with van der Waals surface area (Å²) < 4.78 is 0. The molecule has 1 aromatic heterocycles. The lowest BCUT2D eigenvalue weighted by Crippen LogP contribution is -2.31. The second kappa shape index (κ2) is 5.58. The number of hydrogen-bond donors (Lipinski definition) is 2. The number of aliphatic hydroxyl groups excluding tert-OH is 1. The minimum atomic E-state index is 0.131. The minimum absolute atomic E-state index is 0.131. The molecule has 0 fully saturated rings. The van der Waals surface area contributed by atoms with Crippen LogP contribution in [0.3, 0.4) is 0 Å². The van der Waals surface area contributed by atoms with Gasteiger partial charge in [-0.15, -0.1) is 11.3 Å². The molecule has 86 valence electrons. The van der Waals surface area contributed by atoms with Gasteiger partial charge in [0.15, 0.2) is 0 Å². The molecule has 0 aliphatic carbocycles. The maximum atomic E-state index is 8.98. The average molecular weight is 228 g/mol. The molecule has 0 aliphatic rings. The van der Waals surface area contributed by atoms with Gasteiger partial charge in [-0.05, 0) is 27.2 Å². The Balaban J connectivity index is 2.72. The maximum absolute atomic E-state index is 8.98. The fourth-order valence-corrected chi connectivity index (χ4v) is 2.59. The highest BCUT2D eigenvalue weighted by Crippen LogP contribution is 2.25. The van der Waals surface area contributed by atoms with Crippen molar-refractivity contribution in [2.75, 3.05) is 6.61 Å². The molecule has 3 nitrogen and oxygen atoms in total. The van der Waals surface area contributed by atoms with Gasteiger partial charge < -0.3 is 10.4 Å². The van der Waals surface area contributed by atoms with Crippen LogP contribution in [0, 0.1) is 6.92 Å². The Morgan fingerprint density at radius 2 is 2.13 bits per heavy atom. The number of nitrogens with zero attached hydrogens (tertiary/aromatic N) is 1. The first-order chi connectivity index (χ1) is 7.08. The zero-order valence-electron chi connectivity index (χ0n) is 9.87. The first-order valence-electron chi connectivity index (χ1n) is 5.41. The van der Waals surface area contributed by atoms with Crippen molar-refractivity contribution in [3.8, 4) is 0 Å². The van der Waals surface area contributed by atoms with Crippen molar-refractivity contribution in [2.45, 2.75) is 46.2 Å². The Morgan fingerprint density at radius 1 is 1.47 bits per heavy atom. The second-order valence-electron chi connectivity index (χ2n) is 3.88. The van der Waals surface area contributed by atoms with Gasteiger partial charge in [0.1, 0.15) is 0 Å². The van der Waals surface area contributed by atoms with Gasteiger partial charge in [-0.3, -0.25) is 0 Å². The van der Waals surface area contributed by atoms with Crippen LogP contribution in [-0.4, -0.2) is 22.7 Å². The van der Waals surface area contributed by atoms with E-state index in [1.165, 1.54) is 9.88 Å². The summed E-state index contributed by atoms with van der Waals surface area (Å²) in [4.78, 5) is 5.78. The van der Waals surface area contributed by atoms with Crippen molar-refractivity contribution in [3.63, 3.8) is 0 Å². The quantitative estimate of drug-likeness (QED) is 0.810. The lowest BCUT2D eigenvalue weighted by Gasteiger charge is -2.17. The SMILES string of the molecule is CCc1nc(C)c(C(C)NC(C)CO)s1. The summed E-state index contributed by atoms with van der Waals surface area (Å²) in [6, 6.07) is 0.400. The average Bonchev–Trinajstić information content (AvgIpc) is 2.59. The topological polar surface area (TPSA) is 45.2 Å². The summed E-state index contributed by atoms with van der Waals surface area (Å²) in [5.74, 6) is 0. The highest BCUT2D eigenvalue weighted by molar-refractivity contribution is 7.11. The fraction of sp³-hybridized carbons (Fsp3) is 0.727. The van der Waals surface area contributed by atoms with E-state index in [2.05, 4.69) is 24.1 Å². The molecule has 1 heterocycles. The van der Waals surface area contributed by atoms with E-state index in [9.17, 15) is 0 Å². The second-order valence-corrected chi connectivity index (χ2v) is 5.00. The highest BCUT2D eigenvalue weighted by Gasteiger charge is 2.15. The standard InChI is InChI=1S/C11H20N2OS/c1-5-10-13-9(4)11(15-10)8(3)12-7(2)6-14/h7-8,12,14H,5-6H2,1-4H3. The Kier molecular flexibility index (Phi) is 4.70. The lowest BCUT2D eigenvalue weighted by molar-refractivity contribution is 0.243. The maximum Gasteiger partial charge on any atom is 0.0928 e. The van der Waals surface area contributed by atoms with Crippen LogP contribution in [0.2, 0.25) is 0 Å². The lowest BCUT2D eigenvalue weighted by atomic mass is 10.2. The van der Waals surface area contributed by atoms with Crippen molar-refractivity contribution in [1.29, 1.82) is 0 Å². The van der Waals surface area contributed by atoms with Crippen LogP contribution < -0.4 is 5.32 Å². The molecular formula is C11H20N2OS. The van der Waals surface area contributed by atoms with Crippen LogP contribution in [0.1, 0.15) is 42.4 Å². The fourth-order valence-electron chi connectivity index (χ4n) is 1.57. The van der Waals surface area contributed by atoms with Gasteiger partial charge in [-0.25, -0.2) is 4.98 Å². The molecule has 0 aromatic carbocycles. The number of aliphatic hydroxyl groups is 1. The van der Waals surface area contributed by atoms with Gasteiger partial charge in [-0.2, -0.15) is 0 Å². The normalized spacial score (nSPS) is 15.3. The molecule has 2 atom stereocenters. The van der Waals surface area contributed by atoms with Crippen LogP contribution >= 0.6 is 11.3 Å². The molecule has 1 rings (SSSR count). The summed E-state index contributed by atoms with van der Waals surface area (Å²) in [6.07, 6.45) is 0.994. The summed E-state index contributed by atoms with van der Waals surface area (Å²) in [6.45, 7) is 8.44. The van der Waals surface area contributed by atoms with E-state index >= 15 is 0 Å². The largest absolute Gasteiger partial charge is 0.395 e. The molecule has 15 heavy (non-hydrogen) atoms. The van der Waals surface area contributed by atoms with E-state index < -0.39 is 0 Å². The number of aryl methyl sites for hydroxylation is 2. The van der Waals surface area contributed by atoms with Crippen molar-refractivity contribution in [3.05, 3.63) is 15.6 Å². The van der Waals surface area contributed by atoms with E-state index in [1.807, 2.05) is 13.8 Å². The van der Waals surface area contributed by atoms with E-state index in [-0.39, 0.29) is 18.7 Å². The Labute approximate surface area is 95.6 Å². The van der Waals surface area contributed by atoms with Crippen LogP contribution in [0.25, 0.3) is 0 Å². The predicted octanol–water partition coefficient (Wildman–Crippen LogP) is 2.05. The van der Waals surface area contributed by atoms with Crippen molar-refractivity contribution in [1.82, 2.24) is 10.3 Å². The summed E-state index contributed by atoms with van der Waals surface area (Å²) >= 11 is 1.76. The van der Waals surface area contributed by atoms with Crippen molar-refractivity contribution in [2.24, 2.45) is 0 Å². The summed E-state index contributed by atoms with van der Waals surface area (Å²) in [5, 5.41) is 13.5. The van der Waals surface area contributed by atoms with Crippen molar-refractivity contribution >= 4 is 11.3 Å². The number of hydrogen-bond acceptors (Lipinski definition) is 4. The summed E-state index contributed by atoms with van der Waals surface area (Å²) in [5.41, 5.74) is 1.11.